The zero-order valence-corrected chi connectivity index (χ0v) is 73.8. The van der Waals surface area contributed by atoms with Crippen LogP contribution in [-0.4, -0.2) is 204 Å². The van der Waals surface area contributed by atoms with Gasteiger partial charge in [-0.15, -0.1) is 0 Å². The topological polar surface area (TPSA) is 495 Å². The SMILES string of the molecule is BrBr.CC(C)(C)CC(O)(CC(C)(C)C)C(=O)CBr.COc1cccc2c1C(=O)c1c(O)c3c(c(O)c1C2=O)C[C@@](O)(C(=O)CSC[C@H](C)C(N)=O)C[C@@H]3OC1CC(N)C(O)C(C)O1.COc1cccc2c1C(=O)c1c(O)c3c(c(O)c1C2=O)C[C@@](O)(C(C)=O)C[C@@H]3OC1CC(N)C(O)C(C)O1.C[C@@H](CS)C(N)=O.ClC(Cl)(Cl)Cl. The first-order valence-corrected chi connectivity index (χ1v) is 43.5. The Labute approximate surface area is 708 Å². The van der Waals surface area contributed by atoms with Gasteiger partial charge in [0, 0.05) is 136 Å². The number of fused-ring (bicyclic) bond motifs is 6. The highest BCUT2D eigenvalue weighted by Gasteiger charge is 2.53. The molecule has 0 radical (unpaired) electrons. The van der Waals surface area contributed by atoms with E-state index in [4.69, 9.17) is 97.8 Å². The largest absolute Gasteiger partial charge is 0.507 e. The number of rotatable bonds is 19. The highest BCUT2D eigenvalue weighted by Crippen LogP contribution is 2.55. The number of primary amides is 2. The van der Waals surface area contributed by atoms with E-state index in [1.165, 1.54) is 57.5 Å². The summed E-state index contributed by atoms with van der Waals surface area (Å²) < 4.78 is 32.7. The number of carbonyl (C=O) groups excluding carboxylic acids is 9. The van der Waals surface area contributed by atoms with Crippen LogP contribution in [-0.2, 0) is 55.8 Å². The molecule has 28 nitrogen and oxygen atoms in total. The predicted molar refractivity (Wildman–Crippen MR) is 439 cm³/mol. The van der Waals surface area contributed by atoms with Gasteiger partial charge in [0.25, 0.3) is 3.25 Å². The number of thiol groups is 1. The third-order valence-corrected chi connectivity index (χ3v) is 21.9. The van der Waals surface area contributed by atoms with Crippen molar-refractivity contribution in [2.24, 2.45) is 45.6 Å². The molecule has 0 spiro atoms. The van der Waals surface area contributed by atoms with Crippen LogP contribution in [0, 0.1) is 22.7 Å². The van der Waals surface area contributed by atoms with E-state index < -0.39 is 192 Å². The number of hydrogen-bond acceptors (Lipinski definition) is 28. The third kappa shape index (κ3) is 23.8. The van der Waals surface area contributed by atoms with Gasteiger partial charge in [-0.3, -0.25) is 43.2 Å². The second-order valence-corrected chi connectivity index (χ2v) is 36.3. The number of carbonyl (C=O) groups is 9. The zero-order valence-electron chi connectivity index (χ0n) is 64.3. The minimum Gasteiger partial charge on any atom is -0.507 e. The van der Waals surface area contributed by atoms with E-state index in [2.05, 4.69) is 56.8 Å². The second-order valence-electron chi connectivity index (χ2n) is 30.9. The number of methoxy groups -OCH3 is 2. The van der Waals surface area contributed by atoms with Crippen LogP contribution < -0.4 is 32.4 Å². The number of aliphatic hydroxyl groups excluding tert-OH is 2. The Kier molecular flexibility index (Phi) is 35.2. The van der Waals surface area contributed by atoms with Gasteiger partial charge in [-0.2, -0.15) is 24.4 Å². The van der Waals surface area contributed by atoms with E-state index in [1.807, 2.05) is 41.5 Å². The van der Waals surface area contributed by atoms with Gasteiger partial charge in [-0.25, -0.2) is 0 Å². The maximum absolute atomic E-state index is 13.8. The Morgan fingerprint density at radius 1 is 0.628 bits per heavy atom. The molecule has 6 aliphatic rings. The summed E-state index contributed by atoms with van der Waals surface area (Å²) in [5.41, 5.74) is 14.5. The lowest BCUT2D eigenvalue weighted by Gasteiger charge is -2.42. The van der Waals surface area contributed by atoms with E-state index in [9.17, 15) is 89.1 Å². The van der Waals surface area contributed by atoms with Crippen molar-refractivity contribution in [2.45, 2.75) is 209 Å². The van der Waals surface area contributed by atoms with Crippen LogP contribution in [0.4, 0.5) is 0 Å². The van der Waals surface area contributed by atoms with Crippen LogP contribution in [0.1, 0.15) is 213 Å². The average molecular weight is 1900 g/mol. The van der Waals surface area contributed by atoms with Crippen LogP contribution in [0.3, 0.4) is 0 Å². The fourth-order valence-electron chi connectivity index (χ4n) is 14.0. The van der Waals surface area contributed by atoms with Gasteiger partial charge >= 0.3 is 0 Å². The number of hydrogen-bond donors (Lipinski definition) is 14. The number of ether oxygens (including phenoxy) is 6. The molecule has 2 fully saturated rings. The minimum atomic E-state index is -2.15. The summed E-state index contributed by atoms with van der Waals surface area (Å²) in [5, 5.41) is 100. The number of nitrogens with two attached hydrogens (primary N) is 4. The summed E-state index contributed by atoms with van der Waals surface area (Å²) in [4.78, 5) is 114. The van der Waals surface area contributed by atoms with Gasteiger partial charge in [-0.05, 0) is 56.6 Å². The van der Waals surface area contributed by atoms with Crippen molar-refractivity contribution in [1.29, 1.82) is 0 Å². The van der Waals surface area contributed by atoms with Crippen LogP contribution in [0.25, 0.3) is 0 Å². The molecule has 0 saturated carbocycles. The lowest BCUT2D eigenvalue weighted by molar-refractivity contribution is -0.247. The number of Topliss-reactive ketones (excluding diaryl/α,β-unsaturated/α-hetero) is 3. The maximum atomic E-state index is 13.8. The summed E-state index contributed by atoms with van der Waals surface area (Å²) in [6.07, 6.45) is -8.53. The number of phenolic OH excluding ortho intramolecular Hbond substituents is 4. The molecule has 14 atom stereocenters. The van der Waals surface area contributed by atoms with Crippen molar-refractivity contribution in [3.63, 3.8) is 0 Å². The number of alkyl halides is 5. The van der Waals surface area contributed by atoms with E-state index in [0.717, 1.165) is 11.8 Å². The number of aromatic hydroxyl groups is 4. The molecule has 8 unspecified atom stereocenters. The molecule has 0 aromatic heterocycles. The molecule has 2 aliphatic heterocycles. The lowest BCUT2D eigenvalue weighted by atomic mass is 9.72. The average Bonchev–Trinajstić information content (AvgIpc) is 0.716. The normalized spacial score (nSPS) is 24.8. The summed E-state index contributed by atoms with van der Waals surface area (Å²) in [6, 6.07) is 7.40. The molecule has 0 bridgehead atoms. The fourth-order valence-corrected chi connectivity index (χ4v) is 15.8. The molecule has 4 aromatic carbocycles. The number of halogens is 7. The predicted octanol–water partition coefficient (Wildman–Crippen LogP) is 9.73. The van der Waals surface area contributed by atoms with Crippen LogP contribution >= 0.6 is 115 Å². The molecule has 628 valence electrons. The standard InChI is InChI=1S/C31H36N2O11S.C27H29NO10.C13H25BrO2.C4H9NOS.CCl4.Br2/c1-12(30(33)40)10-45-11-19(34)31(41)8-15-22(18(9-31)44-20-7-16(32)25(35)13(2)43-20)29(39)24-23(27(15)37)26(36)14-5-4-6-17(42-3)21(14)28(24)38;1-10-22(30)14(28)7-17(37-10)38-16-9-27(35,11(2)29)8-13-19(16)26(34)21-20(24(13)32)23(31)12-5-4-6-15(36-3)18(12)25(21)33;1-11(2,3)8-13(16,10(15)7-14)9-12(4,5)6;1-3(2-7)4(5)6;2-1(3,4)5;1-2/h4-6,12-13,16,18,20,25,35,37,39,41H,7-11,32H2,1-3H3,(H2,33,40);4-6,10,14,16-17,22,30,32,34-35H,7-9,28H2,1-3H3;16H,7-9H2,1-6H3;3,7H,2H2,1H3,(H2,5,6);;/t12-,13?,16?,18-,20?,25?,31-;10?,14?,16-,17?,22?,27-;;3-;;/m00.0../s1. The Morgan fingerprint density at radius 3 is 1.29 bits per heavy atom. The lowest BCUT2D eigenvalue weighted by Crippen LogP contribution is -2.53. The summed E-state index contributed by atoms with van der Waals surface area (Å²) in [5.74, 6) is -7.59. The monoisotopic (exact) mass is 1890 g/mol. The number of ketones is 7. The Hall–Kier alpha value is -4.83. The van der Waals surface area contributed by atoms with Crippen molar-refractivity contribution in [3.8, 4) is 34.5 Å². The quantitative estimate of drug-likeness (QED) is 0.0204. The first kappa shape index (κ1) is 98.7. The van der Waals surface area contributed by atoms with Gasteiger partial charge in [0.1, 0.15) is 51.3 Å². The Balaban J connectivity index is 0.000000300. The van der Waals surface area contributed by atoms with Gasteiger partial charge in [0.05, 0.1) is 95.3 Å². The summed E-state index contributed by atoms with van der Waals surface area (Å²) in [6.45, 7) is 20.0. The highest BCUT2D eigenvalue weighted by molar-refractivity contribution is 9.93. The van der Waals surface area contributed by atoms with Gasteiger partial charge in [-0.1, -0.05) is 142 Å². The number of amides is 2. The first-order chi connectivity index (χ1) is 52.2. The number of thioether (sulfide) groups is 1. The van der Waals surface area contributed by atoms with Crippen molar-refractivity contribution in [2.75, 3.05) is 36.8 Å². The summed E-state index contributed by atoms with van der Waals surface area (Å²) in [7, 11) is 2.67. The molecule has 17 N–H and O–H groups in total. The van der Waals surface area contributed by atoms with Gasteiger partial charge in [0.2, 0.25) is 23.4 Å². The molecule has 2 heterocycles. The second kappa shape index (κ2) is 40.3. The van der Waals surface area contributed by atoms with Crippen molar-refractivity contribution >= 4 is 167 Å². The molecule has 37 heteroatoms. The van der Waals surface area contributed by atoms with Crippen LogP contribution in [0.15, 0.2) is 36.4 Å². The maximum Gasteiger partial charge on any atom is 0.266 e. The minimum absolute atomic E-state index is 0.0147. The zero-order chi connectivity index (χ0) is 86.2. The van der Waals surface area contributed by atoms with Gasteiger partial charge in [0.15, 0.2) is 41.5 Å². The van der Waals surface area contributed by atoms with Crippen LogP contribution in [0.5, 0.6) is 34.5 Å². The number of benzene rings is 4. The van der Waals surface area contributed by atoms with E-state index in [-0.39, 0.29) is 121 Å². The molecule has 4 aromatic rings. The number of aliphatic hydroxyl groups is 5. The first-order valence-electron chi connectivity index (χ1n) is 35.4. The third-order valence-electron chi connectivity index (χ3n) is 19.6. The fraction of sp³-hybridized carbons (Fsp3) is 0.566. The molecule has 2 saturated heterocycles. The highest BCUT2D eigenvalue weighted by atomic mass is 80.9. The van der Waals surface area contributed by atoms with E-state index >= 15 is 0 Å². The van der Waals surface area contributed by atoms with Crippen LogP contribution in [0.2, 0.25) is 0 Å². The summed E-state index contributed by atoms with van der Waals surface area (Å²) >= 11 is 32.9. The van der Waals surface area contributed by atoms with Crippen molar-refractivity contribution in [1.82, 2.24) is 0 Å². The molecule has 10 rings (SSSR count). The van der Waals surface area contributed by atoms with Crippen molar-refractivity contribution < 1.29 is 118 Å². The Bertz CT molecular complexity index is 4180. The molecular formula is C76H99Br3Cl4N4O24S2. The van der Waals surface area contributed by atoms with E-state index in [1.54, 1.807) is 27.7 Å². The smallest absolute Gasteiger partial charge is 0.266 e. The molecule has 113 heavy (non-hydrogen) atoms. The van der Waals surface area contributed by atoms with E-state index in [0.29, 0.717) is 18.6 Å². The Morgan fingerprint density at radius 2 is 0.982 bits per heavy atom. The molecular weight excluding hydrogens is 1800 g/mol. The van der Waals surface area contributed by atoms with Crippen molar-refractivity contribution in [3.05, 3.63) is 103 Å². The molecule has 2 amide bonds. The molecule has 4 aliphatic carbocycles. The number of phenols is 4. The van der Waals surface area contributed by atoms with Gasteiger partial charge < -0.3 is 97.3 Å².